The van der Waals surface area contributed by atoms with Crippen LogP contribution in [-0.2, 0) is 4.79 Å². The summed E-state index contributed by atoms with van der Waals surface area (Å²) in [5.74, 6) is -1.13. The maximum Gasteiger partial charge on any atom is 0.490 e. The van der Waals surface area contributed by atoms with E-state index in [0.717, 1.165) is 20.6 Å². The second kappa shape index (κ2) is 8.60. The SMILES string of the molecule is CSc1sc(C(=N)N)cc1Oc1ccccc1.O=C(O)C(F)(F)F. The molecule has 0 amide bonds. The van der Waals surface area contributed by atoms with E-state index in [1.54, 1.807) is 11.8 Å². The van der Waals surface area contributed by atoms with Crippen molar-refractivity contribution in [2.75, 3.05) is 6.26 Å². The Morgan fingerprint density at radius 3 is 2.29 bits per heavy atom. The van der Waals surface area contributed by atoms with E-state index in [1.165, 1.54) is 11.3 Å². The molecule has 1 aromatic heterocycles. The number of nitrogens with one attached hydrogen (secondary N) is 1. The van der Waals surface area contributed by atoms with Crippen LogP contribution in [0.25, 0.3) is 0 Å². The van der Waals surface area contributed by atoms with Crippen molar-refractivity contribution in [2.24, 2.45) is 5.73 Å². The third-order valence-electron chi connectivity index (χ3n) is 2.33. The number of carbonyl (C=O) groups is 1. The monoisotopic (exact) mass is 378 g/mol. The van der Waals surface area contributed by atoms with Gasteiger partial charge >= 0.3 is 12.1 Å². The fourth-order valence-corrected chi connectivity index (χ4v) is 2.90. The zero-order valence-electron chi connectivity index (χ0n) is 12.3. The lowest BCUT2D eigenvalue weighted by Crippen LogP contribution is -2.21. The summed E-state index contributed by atoms with van der Waals surface area (Å²) in [5, 5.41) is 14.5. The zero-order valence-corrected chi connectivity index (χ0v) is 13.9. The van der Waals surface area contributed by atoms with E-state index in [1.807, 2.05) is 42.7 Å². The molecule has 1 aromatic carbocycles. The van der Waals surface area contributed by atoms with Gasteiger partial charge in [0.05, 0.1) is 4.88 Å². The summed E-state index contributed by atoms with van der Waals surface area (Å²) in [4.78, 5) is 9.63. The minimum atomic E-state index is -5.08. The van der Waals surface area contributed by atoms with Gasteiger partial charge in [-0.25, -0.2) is 4.79 Å². The highest BCUT2D eigenvalue weighted by Crippen LogP contribution is 2.38. The molecule has 0 saturated carbocycles. The molecule has 0 unspecified atom stereocenters. The van der Waals surface area contributed by atoms with Crippen LogP contribution >= 0.6 is 23.1 Å². The van der Waals surface area contributed by atoms with Crippen LogP contribution in [0.4, 0.5) is 13.2 Å². The molecule has 1 heterocycles. The number of amidine groups is 1. The summed E-state index contributed by atoms with van der Waals surface area (Å²) in [6.07, 6.45) is -3.10. The van der Waals surface area contributed by atoms with Gasteiger partial charge in [0.2, 0.25) is 0 Å². The van der Waals surface area contributed by atoms with Crippen LogP contribution in [0.5, 0.6) is 11.5 Å². The van der Waals surface area contributed by atoms with Crippen LogP contribution < -0.4 is 10.5 Å². The summed E-state index contributed by atoms with van der Waals surface area (Å²) in [6, 6.07) is 11.4. The van der Waals surface area contributed by atoms with Crippen LogP contribution in [0.1, 0.15) is 4.88 Å². The Labute approximate surface area is 143 Å². The number of nitrogens with two attached hydrogens (primary N) is 1. The van der Waals surface area contributed by atoms with E-state index in [-0.39, 0.29) is 5.84 Å². The summed E-state index contributed by atoms with van der Waals surface area (Å²) >= 11 is 3.07. The molecule has 0 aliphatic heterocycles. The highest BCUT2D eigenvalue weighted by atomic mass is 32.2. The minimum absolute atomic E-state index is 0.0770. The van der Waals surface area contributed by atoms with Gasteiger partial charge in [0.15, 0.2) is 5.75 Å². The molecule has 0 aliphatic rings. The van der Waals surface area contributed by atoms with Crippen molar-refractivity contribution >= 4 is 34.9 Å². The van der Waals surface area contributed by atoms with Gasteiger partial charge < -0.3 is 15.6 Å². The number of alkyl halides is 3. The Morgan fingerprint density at radius 1 is 1.33 bits per heavy atom. The molecule has 5 nitrogen and oxygen atoms in total. The van der Waals surface area contributed by atoms with Gasteiger partial charge in [-0.05, 0) is 18.4 Å². The first kappa shape index (κ1) is 19.8. The number of para-hydroxylation sites is 1. The Hall–Kier alpha value is -2.20. The van der Waals surface area contributed by atoms with Crippen LogP contribution in [0.3, 0.4) is 0 Å². The van der Waals surface area contributed by atoms with Gasteiger partial charge in [-0.3, -0.25) is 5.41 Å². The quantitative estimate of drug-likeness (QED) is 0.421. The van der Waals surface area contributed by atoms with Gasteiger partial charge in [0.25, 0.3) is 0 Å². The number of rotatable bonds is 4. The van der Waals surface area contributed by atoms with Gasteiger partial charge in [-0.1, -0.05) is 18.2 Å². The second-order valence-electron chi connectivity index (χ2n) is 4.10. The molecule has 0 fully saturated rings. The number of hydrogen-bond donors (Lipinski definition) is 3. The first-order valence-corrected chi connectivity index (χ1v) is 8.24. The summed E-state index contributed by atoms with van der Waals surface area (Å²) < 4.78 is 38.5. The van der Waals surface area contributed by atoms with Gasteiger partial charge in [0.1, 0.15) is 15.8 Å². The predicted molar refractivity (Wildman–Crippen MR) is 87.3 cm³/mol. The second-order valence-corrected chi connectivity index (χ2v) is 6.23. The molecular formula is C14H13F3N2O3S2. The van der Waals surface area contributed by atoms with E-state index in [9.17, 15) is 13.2 Å². The number of aliphatic carboxylic acids is 1. The van der Waals surface area contributed by atoms with Gasteiger partial charge in [-0.15, -0.1) is 23.1 Å². The molecule has 130 valence electrons. The van der Waals surface area contributed by atoms with Crippen molar-refractivity contribution in [2.45, 2.75) is 10.4 Å². The lowest BCUT2D eigenvalue weighted by molar-refractivity contribution is -0.192. The fourth-order valence-electron chi connectivity index (χ4n) is 1.32. The molecule has 4 N–H and O–H groups in total. The van der Waals surface area contributed by atoms with Crippen LogP contribution in [0, 0.1) is 5.41 Å². The molecule has 0 radical (unpaired) electrons. The highest BCUT2D eigenvalue weighted by Gasteiger charge is 2.38. The highest BCUT2D eigenvalue weighted by molar-refractivity contribution is 8.00. The normalized spacial score (nSPS) is 10.5. The van der Waals surface area contributed by atoms with Crippen molar-refractivity contribution in [3.05, 3.63) is 41.3 Å². The van der Waals surface area contributed by atoms with Crippen molar-refractivity contribution < 1.29 is 27.8 Å². The molecule has 24 heavy (non-hydrogen) atoms. The van der Waals surface area contributed by atoms with Crippen molar-refractivity contribution in [1.82, 2.24) is 0 Å². The first-order chi connectivity index (χ1) is 11.1. The number of thioether (sulfide) groups is 1. The number of carboxylic acids is 1. The average molecular weight is 378 g/mol. The molecular weight excluding hydrogens is 365 g/mol. The smallest absolute Gasteiger partial charge is 0.475 e. The summed E-state index contributed by atoms with van der Waals surface area (Å²) in [6.45, 7) is 0. The first-order valence-electron chi connectivity index (χ1n) is 6.20. The maximum absolute atomic E-state index is 10.6. The molecule has 2 rings (SSSR count). The Balaban J connectivity index is 0.000000351. The number of hydrogen-bond acceptors (Lipinski definition) is 5. The minimum Gasteiger partial charge on any atom is -0.475 e. The molecule has 0 spiro atoms. The van der Waals surface area contributed by atoms with E-state index >= 15 is 0 Å². The zero-order chi connectivity index (χ0) is 18.3. The third-order valence-corrected chi connectivity index (χ3v) is 4.60. The summed E-state index contributed by atoms with van der Waals surface area (Å²) in [5.41, 5.74) is 5.47. The number of benzene rings is 1. The standard InChI is InChI=1S/C12H12N2OS2.C2HF3O2/c1-16-12-9(7-10(17-12)11(13)14)15-8-5-3-2-4-6-8;3-2(4,5)1(6)7/h2-7H,1H3,(H3,13,14);(H,6,7). The van der Waals surface area contributed by atoms with Crippen molar-refractivity contribution in [3.63, 3.8) is 0 Å². The Morgan fingerprint density at radius 2 is 1.88 bits per heavy atom. The van der Waals surface area contributed by atoms with Crippen LogP contribution in [0.2, 0.25) is 0 Å². The van der Waals surface area contributed by atoms with E-state index in [0.29, 0.717) is 0 Å². The lowest BCUT2D eigenvalue weighted by atomic mass is 10.3. The number of carboxylic acid groups (broad SMARTS) is 1. The lowest BCUT2D eigenvalue weighted by Gasteiger charge is -2.04. The van der Waals surface area contributed by atoms with E-state index in [2.05, 4.69) is 0 Å². The number of thiophene rings is 1. The molecule has 0 saturated heterocycles. The van der Waals surface area contributed by atoms with Gasteiger partial charge in [-0.2, -0.15) is 13.2 Å². The Kier molecular flexibility index (Phi) is 7.11. The molecule has 0 atom stereocenters. The topological polar surface area (TPSA) is 96.4 Å². The molecule has 2 aromatic rings. The number of ether oxygens (including phenoxy) is 1. The molecule has 0 aliphatic carbocycles. The predicted octanol–water partition coefficient (Wildman–Crippen LogP) is 4.18. The molecule has 10 heteroatoms. The number of halogens is 3. The summed E-state index contributed by atoms with van der Waals surface area (Å²) in [7, 11) is 0. The van der Waals surface area contributed by atoms with E-state index < -0.39 is 12.1 Å². The van der Waals surface area contributed by atoms with Crippen LogP contribution in [0.15, 0.2) is 40.6 Å². The Bertz CT molecular complexity index is 703. The van der Waals surface area contributed by atoms with Crippen molar-refractivity contribution in [1.29, 1.82) is 5.41 Å². The largest absolute Gasteiger partial charge is 0.490 e. The van der Waals surface area contributed by atoms with Gasteiger partial charge in [0, 0.05) is 6.07 Å². The fraction of sp³-hybridized carbons (Fsp3) is 0.143. The van der Waals surface area contributed by atoms with Crippen molar-refractivity contribution in [3.8, 4) is 11.5 Å². The maximum atomic E-state index is 10.6. The van der Waals surface area contributed by atoms with Crippen LogP contribution in [-0.4, -0.2) is 29.3 Å². The molecule has 0 bridgehead atoms. The van der Waals surface area contributed by atoms with E-state index in [4.69, 9.17) is 25.8 Å². The third kappa shape index (κ3) is 6.13. The number of nitrogen functional groups attached to an aromatic ring is 1. The average Bonchev–Trinajstić information content (AvgIpc) is 2.91.